The van der Waals surface area contributed by atoms with Crippen LogP contribution in [0.4, 0.5) is 5.69 Å². The lowest BCUT2D eigenvalue weighted by Gasteiger charge is -2.15. The van der Waals surface area contributed by atoms with Crippen molar-refractivity contribution in [2.75, 3.05) is 12.5 Å². The minimum Gasteiger partial charge on any atom is -0.493 e. The summed E-state index contributed by atoms with van der Waals surface area (Å²) < 4.78 is 12.3. The van der Waals surface area contributed by atoms with Gasteiger partial charge in [0.25, 0.3) is 0 Å². The van der Waals surface area contributed by atoms with Gasteiger partial charge in [0.15, 0.2) is 11.5 Å². The molecule has 0 spiro atoms. The number of ether oxygens (including phenoxy) is 2. The van der Waals surface area contributed by atoms with Crippen LogP contribution in [0.1, 0.15) is 11.1 Å². The second-order valence-electron chi connectivity index (χ2n) is 5.83. The average Bonchev–Trinajstić information content (AvgIpc) is 2.69. The molecule has 6 heteroatoms. The Labute approximate surface area is 172 Å². The number of benzene rings is 3. The third-order valence-corrected chi connectivity index (χ3v) is 4.88. The first-order valence-electron chi connectivity index (χ1n) is 8.44. The molecule has 0 heterocycles. The zero-order chi connectivity index (χ0) is 19.1. The Balaban J connectivity index is 1.66. The van der Waals surface area contributed by atoms with Crippen molar-refractivity contribution in [2.24, 2.45) is 0 Å². The summed E-state index contributed by atoms with van der Waals surface area (Å²) >= 11 is 9.78. The Hall–Kier alpha value is -2.21. The molecular weight excluding hydrogens is 428 g/mol. The van der Waals surface area contributed by atoms with Gasteiger partial charge in [-0.1, -0.05) is 48.0 Å². The molecular formula is C21H20BrClN2O2. The number of hydrogen-bond acceptors (Lipinski definition) is 4. The van der Waals surface area contributed by atoms with E-state index in [1.54, 1.807) is 7.11 Å². The smallest absolute Gasteiger partial charge is 0.175 e. The number of methoxy groups -OCH3 is 1. The average molecular weight is 448 g/mol. The highest BCUT2D eigenvalue weighted by Crippen LogP contribution is 2.37. The number of halogens is 2. The third kappa shape index (κ3) is 5.39. The van der Waals surface area contributed by atoms with Gasteiger partial charge < -0.3 is 14.9 Å². The molecule has 3 aromatic carbocycles. The van der Waals surface area contributed by atoms with Crippen LogP contribution in [-0.2, 0) is 13.2 Å². The van der Waals surface area contributed by atoms with E-state index in [2.05, 4.69) is 26.8 Å². The summed E-state index contributed by atoms with van der Waals surface area (Å²) in [6.07, 6.45) is 0. The molecule has 0 fully saturated rings. The highest BCUT2D eigenvalue weighted by molar-refractivity contribution is 9.10. The molecule has 0 aliphatic carbocycles. The monoisotopic (exact) mass is 446 g/mol. The second kappa shape index (κ2) is 9.65. The van der Waals surface area contributed by atoms with E-state index in [9.17, 15) is 0 Å². The Kier molecular flexibility index (Phi) is 6.98. The maximum absolute atomic E-state index is 6.20. The van der Waals surface area contributed by atoms with E-state index in [-0.39, 0.29) is 0 Å². The first kappa shape index (κ1) is 19.5. The predicted molar refractivity (Wildman–Crippen MR) is 113 cm³/mol. The van der Waals surface area contributed by atoms with E-state index in [4.69, 9.17) is 21.1 Å². The summed E-state index contributed by atoms with van der Waals surface area (Å²) in [4.78, 5) is 0. The fourth-order valence-electron chi connectivity index (χ4n) is 2.55. The van der Waals surface area contributed by atoms with Gasteiger partial charge in [-0.05, 0) is 51.8 Å². The van der Waals surface area contributed by atoms with Gasteiger partial charge >= 0.3 is 0 Å². The van der Waals surface area contributed by atoms with Crippen LogP contribution in [0.25, 0.3) is 0 Å². The molecule has 3 rings (SSSR count). The van der Waals surface area contributed by atoms with Crippen LogP contribution < -0.4 is 20.3 Å². The van der Waals surface area contributed by atoms with Gasteiger partial charge in [0.1, 0.15) is 6.61 Å². The van der Waals surface area contributed by atoms with Crippen molar-refractivity contribution in [1.29, 1.82) is 0 Å². The fourth-order valence-corrected chi connectivity index (χ4v) is 3.34. The lowest BCUT2D eigenvalue weighted by Crippen LogP contribution is -2.20. The Bertz CT molecular complexity index is 891. The first-order chi connectivity index (χ1) is 13.2. The molecule has 140 valence electrons. The number of anilines is 1. The first-order valence-corrected chi connectivity index (χ1v) is 9.61. The highest BCUT2D eigenvalue weighted by atomic mass is 79.9. The Morgan fingerprint density at radius 3 is 2.48 bits per heavy atom. The summed E-state index contributed by atoms with van der Waals surface area (Å²) in [7, 11) is 1.63. The lowest BCUT2D eigenvalue weighted by molar-refractivity contribution is 0.282. The molecule has 0 unspecified atom stereocenters. The van der Waals surface area contributed by atoms with E-state index in [1.807, 2.05) is 66.7 Å². The quantitative estimate of drug-likeness (QED) is 0.428. The number of hydrogen-bond donors (Lipinski definition) is 2. The minimum absolute atomic E-state index is 0.363. The van der Waals surface area contributed by atoms with Crippen LogP contribution in [0.15, 0.2) is 71.2 Å². The van der Waals surface area contributed by atoms with E-state index >= 15 is 0 Å². The normalized spacial score (nSPS) is 10.5. The minimum atomic E-state index is 0.363. The van der Waals surface area contributed by atoms with Crippen LogP contribution in [0.5, 0.6) is 11.5 Å². The van der Waals surface area contributed by atoms with E-state index in [0.29, 0.717) is 29.7 Å². The molecule has 0 saturated carbocycles. The summed E-state index contributed by atoms with van der Waals surface area (Å²) in [5.74, 6) is 1.31. The standard InChI is InChI=1S/C21H20BrClN2O2/c1-26-20-12-15(13-24-25-17-8-3-2-4-9-17)11-18(22)21(20)27-14-16-7-5-6-10-19(16)23/h2-12,24-25H,13-14H2,1H3. The number of para-hydroxylation sites is 1. The SMILES string of the molecule is COc1cc(CNNc2ccccc2)cc(Br)c1OCc1ccccc1Cl. The third-order valence-electron chi connectivity index (χ3n) is 3.92. The van der Waals surface area contributed by atoms with E-state index < -0.39 is 0 Å². The van der Waals surface area contributed by atoms with Gasteiger partial charge in [-0.15, -0.1) is 0 Å². The summed E-state index contributed by atoms with van der Waals surface area (Å²) in [6.45, 7) is 0.983. The van der Waals surface area contributed by atoms with E-state index in [0.717, 1.165) is 21.3 Å². The van der Waals surface area contributed by atoms with Gasteiger partial charge in [-0.3, -0.25) is 0 Å². The predicted octanol–water partition coefficient (Wildman–Crippen LogP) is 5.81. The molecule has 0 aliphatic rings. The molecule has 4 nitrogen and oxygen atoms in total. The fraction of sp³-hybridized carbons (Fsp3) is 0.143. The van der Waals surface area contributed by atoms with Crippen molar-refractivity contribution in [1.82, 2.24) is 5.43 Å². The molecule has 0 saturated heterocycles. The molecule has 27 heavy (non-hydrogen) atoms. The zero-order valence-corrected chi connectivity index (χ0v) is 17.2. The molecule has 0 atom stereocenters. The lowest BCUT2D eigenvalue weighted by atomic mass is 10.2. The van der Waals surface area contributed by atoms with Crippen molar-refractivity contribution in [3.05, 3.63) is 87.4 Å². The van der Waals surface area contributed by atoms with Gasteiger partial charge in [0.2, 0.25) is 0 Å². The maximum atomic E-state index is 6.20. The van der Waals surface area contributed by atoms with Crippen LogP contribution in [0.3, 0.4) is 0 Å². The van der Waals surface area contributed by atoms with Crippen LogP contribution >= 0.6 is 27.5 Å². The molecule has 0 radical (unpaired) electrons. The van der Waals surface area contributed by atoms with E-state index in [1.165, 1.54) is 0 Å². The van der Waals surface area contributed by atoms with Crippen LogP contribution in [0, 0.1) is 0 Å². The highest BCUT2D eigenvalue weighted by Gasteiger charge is 2.13. The number of rotatable bonds is 8. The van der Waals surface area contributed by atoms with Crippen molar-refractivity contribution < 1.29 is 9.47 Å². The van der Waals surface area contributed by atoms with Gasteiger partial charge in [-0.25, -0.2) is 5.43 Å². The molecule has 0 aromatic heterocycles. The van der Waals surface area contributed by atoms with Crippen molar-refractivity contribution in [3.63, 3.8) is 0 Å². The van der Waals surface area contributed by atoms with Gasteiger partial charge in [0.05, 0.1) is 11.6 Å². The van der Waals surface area contributed by atoms with Crippen molar-refractivity contribution in [2.45, 2.75) is 13.2 Å². The van der Waals surface area contributed by atoms with Gasteiger partial charge in [0, 0.05) is 22.8 Å². The molecule has 0 aliphatic heterocycles. The summed E-state index contributed by atoms with van der Waals surface area (Å²) in [5, 5.41) is 0.681. The molecule has 3 aromatic rings. The number of hydrazine groups is 1. The summed E-state index contributed by atoms with van der Waals surface area (Å²) in [5.41, 5.74) is 9.34. The topological polar surface area (TPSA) is 42.5 Å². The van der Waals surface area contributed by atoms with Crippen LogP contribution in [0.2, 0.25) is 5.02 Å². The van der Waals surface area contributed by atoms with Crippen LogP contribution in [-0.4, -0.2) is 7.11 Å². The number of nitrogens with one attached hydrogen (secondary N) is 2. The maximum Gasteiger partial charge on any atom is 0.175 e. The largest absolute Gasteiger partial charge is 0.493 e. The Morgan fingerprint density at radius 2 is 1.74 bits per heavy atom. The Morgan fingerprint density at radius 1 is 1.00 bits per heavy atom. The van der Waals surface area contributed by atoms with Gasteiger partial charge in [-0.2, -0.15) is 0 Å². The zero-order valence-electron chi connectivity index (χ0n) is 14.8. The second-order valence-corrected chi connectivity index (χ2v) is 7.10. The van der Waals surface area contributed by atoms with Crippen molar-refractivity contribution >= 4 is 33.2 Å². The molecule has 2 N–H and O–H groups in total. The van der Waals surface area contributed by atoms with Crippen molar-refractivity contribution in [3.8, 4) is 11.5 Å². The molecule has 0 amide bonds. The summed E-state index contributed by atoms with van der Waals surface area (Å²) in [6, 6.07) is 21.5. The molecule has 0 bridgehead atoms.